The van der Waals surface area contributed by atoms with E-state index >= 15 is 0 Å². The molecule has 0 radical (unpaired) electrons. The van der Waals surface area contributed by atoms with Gasteiger partial charge in [-0.3, -0.25) is 4.79 Å². The zero-order chi connectivity index (χ0) is 30.4. The molecule has 2 fully saturated rings. The van der Waals surface area contributed by atoms with E-state index in [2.05, 4.69) is 0 Å². The number of likely N-dealkylation sites (tertiary alicyclic amines) is 1. The number of nitrogens with zero attached hydrogens (tertiary/aromatic N) is 1. The zero-order valence-electron chi connectivity index (χ0n) is 21.5. The molecule has 5 nitrogen and oxygen atoms in total. The van der Waals surface area contributed by atoms with Gasteiger partial charge >= 0.3 is 18.0 Å². The average molecular weight is 614 g/mol. The van der Waals surface area contributed by atoms with E-state index in [1.807, 2.05) is 0 Å². The van der Waals surface area contributed by atoms with E-state index in [1.165, 1.54) is 4.90 Å². The highest BCUT2D eigenvalue weighted by atomic mass is 32.2. The summed E-state index contributed by atoms with van der Waals surface area (Å²) in [6.45, 7) is -0.578. The van der Waals surface area contributed by atoms with Gasteiger partial charge in [0.25, 0.3) is 0 Å². The minimum absolute atomic E-state index is 0.0253. The van der Waals surface area contributed by atoms with Crippen molar-refractivity contribution in [2.75, 3.05) is 19.7 Å². The summed E-state index contributed by atoms with van der Waals surface area (Å²) in [6, 6.07) is 5.60. The second-order valence-corrected chi connectivity index (χ2v) is 12.9. The lowest BCUT2D eigenvalue weighted by molar-refractivity contribution is -0.348. The van der Waals surface area contributed by atoms with Crippen LogP contribution >= 0.6 is 0 Å². The number of halogens is 8. The molecule has 0 unspecified atom stereocenters. The fourth-order valence-corrected chi connectivity index (χ4v) is 7.84. The molecular formula is C27H27F8NO4S. The Morgan fingerprint density at radius 3 is 1.90 bits per heavy atom. The Hall–Kier alpha value is -2.74. The molecule has 1 N–H and O–H groups in total. The first kappa shape index (κ1) is 31.2. The summed E-state index contributed by atoms with van der Waals surface area (Å²) < 4.78 is 134. The molecule has 226 valence electrons. The predicted octanol–water partition coefficient (Wildman–Crippen LogP) is 5.82. The largest absolute Gasteiger partial charge is 0.435 e. The lowest BCUT2D eigenvalue weighted by Crippen LogP contribution is -2.50. The van der Waals surface area contributed by atoms with Gasteiger partial charge in [0.05, 0.1) is 4.90 Å². The van der Waals surface area contributed by atoms with E-state index < -0.39 is 56.4 Å². The van der Waals surface area contributed by atoms with Crippen molar-refractivity contribution in [2.45, 2.75) is 59.8 Å². The fourth-order valence-electron chi connectivity index (χ4n) is 5.76. The number of rotatable bonds is 6. The van der Waals surface area contributed by atoms with Crippen molar-refractivity contribution in [3.63, 3.8) is 0 Å². The van der Waals surface area contributed by atoms with Crippen LogP contribution in [0.3, 0.4) is 0 Å². The zero-order valence-corrected chi connectivity index (χ0v) is 22.3. The summed E-state index contributed by atoms with van der Waals surface area (Å²) in [5.74, 6) is -1.51. The first-order valence-electron chi connectivity index (χ1n) is 12.8. The number of aliphatic hydroxyl groups excluding tert-OH is 1. The van der Waals surface area contributed by atoms with E-state index in [0.29, 0.717) is 37.8 Å². The van der Waals surface area contributed by atoms with Crippen molar-refractivity contribution in [1.82, 2.24) is 4.90 Å². The Labute approximate surface area is 231 Å². The van der Waals surface area contributed by atoms with E-state index in [4.69, 9.17) is 0 Å². The molecule has 0 bridgehead atoms. The fraction of sp³-hybridized carbons (Fsp3) is 0.519. The van der Waals surface area contributed by atoms with Gasteiger partial charge in [0, 0.05) is 31.2 Å². The van der Waals surface area contributed by atoms with Crippen LogP contribution in [-0.4, -0.2) is 56.4 Å². The van der Waals surface area contributed by atoms with Crippen molar-refractivity contribution in [2.24, 2.45) is 11.8 Å². The molecule has 2 aliphatic rings. The molecule has 0 aromatic heterocycles. The topological polar surface area (TPSA) is 74.7 Å². The molecule has 2 aromatic carbocycles. The van der Waals surface area contributed by atoms with Crippen LogP contribution in [0, 0.1) is 17.7 Å². The highest BCUT2D eigenvalue weighted by Crippen LogP contribution is 2.54. The minimum atomic E-state index is -6.35. The number of hydrogen-bond acceptors (Lipinski definition) is 4. The van der Waals surface area contributed by atoms with Crippen LogP contribution in [0.5, 0.6) is 0 Å². The second kappa shape index (κ2) is 10.8. The predicted molar refractivity (Wildman–Crippen MR) is 130 cm³/mol. The van der Waals surface area contributed by atoms with Gasteiger partial charge in [-0.15, -0.1) is 0 Å². The van der Waals surface area contributed by atoms with Crippen molar-refractivity contribution in [3.05, 3.63) is 65.5 Å². The summed E-state index contributed by atoms with van der Waals surface area (Å²) in [4.78, 5) is 14.3. The van der Waals surface area contributed by atoms with Gasteiger partial charge in [-0.1, -0.05) is 24.3 Å². The molecule has 2 aromatic rings. The van der Waals surface area contributed by atoms with Gasteiger partial charge in [0.15, 0.2) is 9.84 Å². The minimum Gasteiger partial charge on any atom is -0.396 e. The summed E-state index contributed by atoms with van der Waals surface area (Å²) in [5, 5.41) is 9.36. The smallest absolute Gasteiger partial charge is 0.396 e. The van der Waals surface area contributed by atoms with E-state index in [1.54, 1.807) is 0 Å². The number of carbonyl (C=O) groups excluding carboxylic acids is 1. The van der Waals surface area contributed by atoms with Crippen LogP contribution in [0.15, 0.2) is 53.4 Å². The van der Waals surface area contributed by atoms with Gasteiger partial charge in [-0.05, 0) is 67.9 Å². The lowest BCUT2D eigenvalue weighted by Gasteiger charge is -2.33. The lowest BCUT2D eigenvalue weighted by atomic mass is 9.82. The quantitative estimate of drug-likeness (QED) is 0.330. The molecule has 41 heavy (non-hydrogen) atoms. The summed E-state index contributed by atoms with van der Waals surface area (Å²) in [7, 11) is -4.52. The molecule has 1 aliphatic heterocycles. The molecule has 1 heterocycles. The normalized spacial score (nSPS) is 24.5. The maximum absolute atomic E-state index is 14.6. The monoisotopic (exact) mass is 613 g/mol. The van der Waals surface area contributed by atoms with Crippen LogP contribution < -0.4 is 0 Å². The van der Waals surface area contributed by atoms with Crippen LogP contribution in [0.2, 0.25) is 0 Å². The van der Waals surface area contributed by atoms with Crippen molar-refractivity contribution in [1.29, 1.82) is 0 Å². The van der Waals surface area contributed by atoms with Crippen molar-refractivity contribution in [3.8, 4) is 0 Å². The number of carbonyl (C=O) groups is 1. The van der Waals surface area contributed by atoms with Gasteiger partial charge < -0.3 is 10.0 Å². The third-order valence-electron chi connectivity index (χ3n) is 8.23. The number of hydrogen-bond donors (Lipinski definition) is 1. The highest BCUT2D eigenvalue weighted by Gasteiger charge is 2.73. The number of amides is 1. The van der Waals surface area contributed by atoms with Crippen LogP contribution in [0.25, 0.3) is 0 Å². The number of sulfone groups is 1. The van der Waals surface area contributed by atoms with Crippen LogP contribution in [0.1, 0.15) is 43.2 Å². The standard InChI is InChI=1S/C27H27F8NO4S/c28-21-9-11-22(12-10-21)41(39,40)24(13-14-36(16-24)23(38)18-3-1-17(15-37)2-4-18)19-5-7-20(8-6-19)25(29,26(30,31)32)27(33,34)35/h5-12,17-18,37H,1-4,13-16H2/t17?,18?,24-/m0/s1. The van der Waals surface area contributed by atoms with Crippen LogP contribution in [-0.2, 0) is 25.0 Å². The maximum Gasteiger partial charge on any atom is 0.435 e. The first-order chi connectivity index (χ1) is 19.0. The Balaban J connectivity index is 1.76. The second-order valence-electron chi connectivity index (χ2n) is 10.6. The van der Waals surface area contributed by atoms with Gasteiger partial charge in [-0.2, -0.15) is 26.3 Å². The third kappa shape index (κ3) is 5.33. The van der Waals surface area contributed by atoms with E-state index in [0.717, 1.165) is 24.3 Å². The summed E-state index contributed by atoms with van der Waals surface area (Å²) in [5.41, 5.74) is -7.72. The molecule has 0 spiro atoms. The summed E-state index contributed by atoms with van der Waals surface area (Å²) in [6.07, 6.45) is -10.9. The number of benzene rings is 2. The molecular weight excluding hydrogens is 586 g/mol. The van der Waals surface area contributed by atoms with E-state index in [-0.39, 0.29) is 54.0 Å². The highest BCUT2D eigenvalue weighted by molar-refractivity contribution is 7.92. The maximum atomic E-state index is 14.6. The number of aliphatic hydroxyl groups is 1. The van der Waals surface area contributed by atoms with Crippen molar-refractivity contribution >= 4 is 15.7 Å². The Morgan fingerprint density at radius 2 is 1.41 bits per heavy atom. The SMILES string of the molecule is O=C(C1CCC(CO)CC1)N1CC[C@](c2ccc(C(F)(C(F)(F)F)C(F)(F)F)cc2)(S(=O)(=O)c2ccc(F)cc2)C1. The molecule has 1 atom stereocenters. The molecule has 14 heteroatoms. The van der Waals surface area contributed by atoms with Crippen LogP contribution in [0.4, 0.5) is 35.1 Å². The van der Waals surface area contributed by atoms with Gasteiger partial charge in [0.1, 0.15) is 10.6 Å². The Bertz CT molecular complexity index is 1340. The first-order valence-corrected chi connectivity index (χ1v) is 14.3. The van der Waals surface area contributed by atoms with Gasteiger partial charge in [0.2, 0.25) is 5.91 Å². The average Bonchev–Trinajstić information content (AvgIpc) is 3.39. The Morgan fingerprint density at radius 1 is 0.878 bits per heavy atom. The Kier molecular flexibility index (Phi) is 8.24. The molecule has 1 amide bonds. The summed E-state index contributed by atoms with van der Waals surface area (Å²) >= 11 is 0. The molecule has 4 rings (SSSR count). The number of alkyl halides is 7. The third-order valence-corrected chi connectivity index (χ3v) is 10.7. The molecule has 1 saturated carbocycles. The molecule has 1 aliphatic carbocycles. The van der Waals surface area contributed by atoms with Crippen molar-refractivity contribution < 1.29 is 53.4 Å². The van der Waals surface area contributed by atoms with E-state index in [9.17, 15) is 53.4 Å². The van der Waals surface area contributed by atoms with Gasteiger partial charge in [-0.25, -0.2) is 17.2 Å². The molecule has 1 saturated heterocycles.